The SMILES string of the molecule is Cc1cc(C)n2nc(CC(=O)N3CCC(C(=O)NCCc4cccs4)CC3)nc2n1. The van der Waals surface area contributed by atoms with Crippen LogP contribution in [-0.2, 0) is 22.4 Å². The largest absolute Gasteiger partial charge is 0.355 e. The van der Waals surface area contributed by atoms with Crippen molar-refractivity contribution in [2.75, 3.05) is 19.6 Å². The van der Waals surface area contributed by atoms with E-state index in [4.69, 9.17) is 0 Å². The van der Waals surface area contributed by atoms with Crippen LogP contribution in [0.3, 0.4) is 0 Å². The quantitative estimate of drug-likeness (QED) is 0.650. The molecule has 0 aromatic carbocycles. The van der Waals surface area contributed by atoms with Crippen LogP contribution in [0.2, 0.25) is 0 Å². The lowest BCUT2D eigenvalue weighted by atomic mass is 9.95. The summed E-state index contributed by atoms with van der Waals surface area (Å²) in [5.74, 6) is 1.07. The normalized spacial score (nSPS) is 14.9. The molecule has 1 fully saturated rings. The first-order valence-corrected chi connectivity index (χ1v) is 11.2. The molecule has 0 atom stereocenters. The molecular formula is C21H26N6O2S. The van der Waals surface area contributed by atoms with Gasteiger partial charge in [0.2, 0.25) is 11.8 Å². The maximum atomic E-state index is 12.7. The Labute approximate surface area is 179 Å². The predicted octanol–water partition coefficient (Wildman–Crippen LogP) is 1.94. The molecule has 1 saturated heterocycles. The standard InChI is InChI=1S/C21H26N6O2S/c1-14-12-15(2)27-21(23-14)24-18(25-27)13-19(28)26-9-6-16(7-10-26)20(29)22-8-5-17-4-3-11-30-17/h3-4,11-12,16H,5-10,13H2,1-2H3,(H,22,29). The van der Waals surface area contributed by atoms with E-state index in [0.29, 0.717) is 44.1 Å². The van der Waals surface area contributed by atoms with Crippen LogP contribution < -0.4 is 5.32 Å². The predicted molar refractivity (Wildman–Crippen MR) is 114 cm³/mol. The summed E-state index contributed by atoms with van der Waals surface area (Å²) in [7, 11) is 0. The van der Waals surface area contributed by atoms with Crippen molar-refractivity contribution < 1.29 is 9.59 Å². The van der Waals surface area contributed by atoms with E-state index in [9.17, 15) is 9.59 Å². The summed E-state index contributed by atoms with van der Waals surface area (Å²) in [5, 5.41) is 9.50. The van der Waals surface area contributed by atoms with Crippen molar-refractivity contribution >= 4 is 28.9 Å². The van der Waals surface area contributed by atoms with Crippen LogP contribution in [0.5, 0.6) is 0 Å². The Morgan fingerprint density at radius 1 is 1.23 bits per heavy atom. The van der Waals surface area contributed by atoms with Crippen molar-refractivity contribution in [1.82, 2.24) is 29.8 Å². The molecule has 3 aromatic rings. The Bertz CT molecular complexity index is 1040. The topological polar surface area (TPSA) is 92.5 Å². The highest BCUT2D eigenvalue weighted by atomic mass is 32.1. The molecule has 0 aliphatic carbocycles. The van der Waals surface area contributed by atoms with Crippen molar-refractivity contribution in [3.8, 4) is 0 Å². The second kappa shape index (κ2) is 8.91. The molecule has 4 heterocycles. The molecule has 0 spiro atoms. The molecule has 1 N–H and O–H groups in total. The smallest absolute Gasteiger partial charge is 0.252 e. The molecule has 0 unspecified atom stereocenters. The van der Waals surface area contributed by atoms with Crippen molar-refractivity contribution in [2.45, 2.75) is 39.5 Å². The lowest BCUT2D eigenvalue weighted by molar-refractivity contribution is -0.135. The minimum absolute atomic E-state index is 0.00293. The van der Waals surface area contributed by atoms with Gasteiger partial charge in [-0.3, -0.25) is 9.59 Å². The lowest BCUT2D eigenvalue weighted by Crippen LogP contribution is -2.43. The van der Waals surface area contributed by atoms with Crippen LogP contribution in [0.15, 0.2) is 23.6 Å². The molecule has 158 valence electrons. The molecule has 2 amide bonds. The van der Waals surface area contributed by atoms with E-state index >= 15 is 0 Å². The number of rotatable bonds is 6. The van der Waals surface area contributed by atoms with E-state index in [2.05, 4.69) is 26.4 Å². The fraction of sp³-hybridized carbons (Fsp3) is 0.476. The molecule has 1 aliphatic rings. The third kappa shape index (κ3) is 4.67. The van der Waals surface area contributed by atoms with Gasteiger partial charge in [0.1, 0.15) is 0 Å². The van der Waals surface area contributed by atoms with E-state index in [1.165, 1.54) is 4.88 Å². The molecule has 1 aliphatic heterocycles. The molecule has 8 nitrogen and oxygen atoms in total. The minimum atomic E-state index is -0.0273. The first kappa shape index (κ1) is 20.5. The zero-order chi connectivity index (χ0) is 21.1. The Kier molecular flexibility index (Phi) is 6.08. The molecule has 0 saturated carbocycles. The molecule has 9 heteroatoms. The van der Waals surface area contributed by atoms with Gasteiger partial charge in [-0.15, -0.1) is 16.4 Å². The van der Waals surface area contributed by atoms with E-state index < -0.39 is 0 Å². The third-order valence-corrected chi connectivity index (χ3v) is 6.38. The van der Waals surface area contributed by atoms with Crippen LogP contribution in [0.4, 0.5) is 0 Å². The van der Waals surface area contributed by atoms with Crippen molar-refractivity contribution in [2.24, 2.45) is 5.92 Å². The molecule has 30 heavy (non-hydrogen) atoms. The zero-order valence-electron chi connectivity index (χ0n) is 17.3. The van der Waals surface area contributed by atoms with Gasteiger partial charge in [0.15, 0.2) is 5.82 Å². The summed E-state index contributed by atoms with van der Waals surface area (Å²) in [6.45, 7) is 5.69. The summed E-state index contributed by atoms with van der Waals surface area (Å²) in [5.41, 5.74) is 1.82. The van der Waals surface area contributed by atoms with Crippen molar-refractivity contribution in [3.63, 3.8) is 0 Å². The van der Waals surface area contributed by atoms with E-state index in [1.807, 2.05) is 36.3 Å². The number of amides is 2. The van der Waals surface area contributed by atoms with Crippen molar-refractivity contribution in [1.29, 1.82) is 0 Å². The van der Waals surface area contributed by atoms with Crippen LogP contribution in [-0.4, -0.2) is 55.9 Å². The number of likely N-dealkylation sites (tertiary alicyclic amines) is 1. The summed E-state index contributed by atoms with van der Waals surface area (Å²) in [6, 6.07) is 6.04. The Morgan fingerprint density at radius 3 is 2.77 bits per heavy atom. The molecule has 0 bridgehead atoms. The second-order valence-corrected chi connectivity index (χ2v) is 8.76. The van der Waals surface area contributed by atoms with Gasteiger partial charge in [0, 0.05) is 41.8 Å². The minimum Gasteiger partial charge on any atom is -0.355 e. The number of piperidine rings is 1. The van der Waals surface area contributed by atoms with E-state index in [0.717, 1.165) is 17.8 Å². The summed E-state index contributed by atoms with van der Waals surface area (Å²) in [6.07, 6.45) is 2.39. The number of hydrogen-bond acceptors (Lipinski definition) is 6. The number of aryl methyl sites for hydroxylation is 2. The number of carbonyl (C=O) groups excluding carboxylic acids is 2. The molecule has 0 radical (unpaired) electrons. The third-order valence-electron chi connectivity index (χ3n) is 5.44. The molecule has 3 aromatic heterocycles. The number of fused-ring (bicyclic) bond motifs is 1. The van der Waals surface area contributed by atoms with Crippen LogP contribution in [0.1, 0.15) is 34.9 Å². The lowest BCUT2D eigenvalue weighted by Gasteiger charge is -2.31. The summed E-state index contributed by atoms with van der Waals surface area (Å²) in [4.78, 5) is 37.0. The Balaban J connectivity index is 1.26. The van der Waals surface area contributed by atoms with Gasteiger partial charge in [-0.05, 0) is 50.6 Å². The number of nitrogens with one attached hydrogen (secondary N) is 1. The van der Waals surface area contributed by atoms with Gasteiger partial charge >= 0.3 is 0 Å². The number of thiophene rings is 1. The number of nitrogens with zero attached hydrogens (tertiary/aromatic N) is 5. The first-order valence-electron chi connectivity index (χ1n) is 10.3. The molecular weight excluding hydrogens is 400 g/mol. The number of hydrogen-bond donors (Lipinski definition) is 1. The van der Waals surface area contributed by atoms with Gasteiger partial charge in [0.05, 0.1) is 6.42 Å². The van der Waals surface area contributed by atoms with Crippen molar-refractivity contribution in [3.05, 3.63) is 45.7 Å². The zero-order valence-corrected chi connectivity index (χ0v) is 18.1. The molecule has 4 rings (SSSR count). The highest BCUT2D eigenvalue weighted by molar-refractivity contribution is 7.09. The van der Waals surface area contributed by atoms with Crippen LogP contribution in [0.25, 0.3) is 5.78 Å². The van der Waals surface area contributed by atoms with Gasteiger partial charge in [-0.1, -0.05) is 6.07 Å². The monoisotopic (exact) mass is 426 g/mol. The maximum Gasteiger partial charge on any atom is 0.252 e. The van der Waals surface area contributed by atoms with Gasteiger partial charge in [0.25, 0.3) is 5.78 Å². The Morgan fingerprint density at radius 2 is 2.03 bits per heavy atom. The fourth-order valence-corrected chi connectivity index (χ4v) is 4.54. The van der Waals surface area contributed by atoms with E-state index in [1.54, 1.807) is 15.9 Å². The fourth-order valence-electron chi connectivity index (χ4n) is 3.83. The van der Waals surface area contributed by atoms with Crippen LogP contribution >= 0.6 is 11.3 Å². The average molecular weight is 427 g/mol. The number of carbonyl (C=O) groups is 2. The summed E-state index contributed by atoms with van der Waals surface area (Å²) < 4.78 is 1.67. The highest BCUT2D eigenvalue weighted by Gasteiger charge is 2.27. The summed E-state index contributed by atoms with van der Waals surface area (Å²) >= 11 is 1.71. The average Bonchev–Trinajstić information content (AvgIpc) is 3.37. The van der Waals surface area contributed by atoms with Gasteiger partial charge in [-0.2, -0.15) is 4.98 Å². The maximum absolute atomic E-state index is 12.7. The second-order valence-electron chi connectivity index (χ2n) is 7.73. The van der Waals surface area contributed by atoms with Gasteiger partial charge in [-0.25, -0.2) is 9.50 Å². The Hall–Kier alpha value is -2.81. The van der Waals surface area contributed by atoms with Crippen LogP contribution in [0, 0.1) is 19.8 Å². The number of aromatic nitrogens is 4. The first-order chi connectivity index (χ1) is 14.5. The highest BCUT2D eigenvalue weighted by Crippen LogP contribution is 2.18. The van der Waals surface area contributed by atoms with E-state index in [-0.39, 0.29) is 24.2 Å². The van der Waals surface area contributed by atoms with Gasteiger partial charge < -0.3 is 10.2 Å².